The van der Waals surface area contributed by atoms with Gasteiger partial charge in [-0.2, -0.15) is 0 Å². The predicted octanol–water partition coefficient (Wildman–Crippen LogP) is -1.01. The molecule has 6 heavy (non-hydrogen) atoms. The Balaban J connectivity index is 0. The van der Waals surface area contributed by atoms with E-state index in [0.29, 0.717) is 0 Å². The normalized spacial score (nSPS) is 9.67. The summed E-state index contributed by atoms with van der Waals surface area (Å²) in [4.78, 5) is 0. The minimum absolute atomic E-state index is 0. The molecule has 43 valence electrons. The van der Waals surface area contributed by atoms with E-state index in [1.807, 2.05) is 0 Å². The summed E-state index contributed by atoms with van der Waals surface area (Å²) in [6.07, 6.45) is 0. The van der Waals surface area contributed by atoms with Gasteiger partial charge in [-0.3, -0.25) is 4.21 Å². The Labute approximate surface area is 56.0 Å². The molecule has 0 heterocycles. The van der Waals surface area contributed by atoms with Crippen LogP contribution in [0.5, 0.6) is 0 Å². The van der Waals surface area contributed by atoms with Crippen molar-refractivity contribution in [1.82, 2.24) is 0 Å². The maximum absolute atomic E-state index is 8.89. The van der Waals surface area contributed by atoms with E-state index < -0.39 is 9.05 Å². The van der Waals surface area contributed by atoms with Crippen LogP contribution < -0.4 is 0 Å². The van der Waals surface area contributed by atoms with E-state index in [0.717, 1.165) is 0 Å². The molecule has 0 amide bonds. The quantitative estimate of drug-likeness (QED) is 0.490. The van der Waals surface area contributed by atoms with E-state index in [9.17, 15) is 0 Å². The van der Waals surface area contributed by atoms with Crippen molar-refractivity contribution in [3.8, 4) is 0 Å². The van der Waals surface area contributed by atoms with Gasteiger partial charge in [0, 0.05) is 22.4 Å². The third-order valence-electron chi connectivity index (χ3n) is 0. The predicted molar refractivity (Wildman–Crippen MR) is 17.1 cm³/mol. The van der Waals surface area contributed by atoms with Crippen LogP contribution in [0.1, 0.15) is 0 Å². The molecule has 0 N–H and O–H groups in total. The van der Waals surface area contributed by atoms with Gasteiger partial charge in [0.05, 0.1) is 0 Å². The molecule has 0 aromatic rings. The standard InChI is InChI=1S/Ag.H2O3S2/c;1-5(2,3)4/h;(H2,1,2,3,4)/p-2. The second-order valence-electron chi connectivity index (χ2n) is 0.408. The van der Waals surface area contributed by atoms with Crippen LogP contribution in [0.4, 0.5) is 0 Å². The fourth-order valence-electron chi connectivity index (χ4n) is 0. The SMILES string of the molecule is O=S([O-])([O-])=S.[Ag]. The first-order valence-corrected chi connectivity index (χ1v) is 3.00. The zero-order chi connectivity index (χ0) is 4.50. The molecule has 0 unspecified atom stereocenters. The third-order valence-corrected chi connectivity index (χ3v) is 0. The molecular weight excluding hydrogens is 220 g/mol. The fourth-order valence-corrected chi connectivity index (χ4v) is 0. The summed E-state index contributed by atoms with van der Waals surface area (Å²) in [7, 11) is -4.33. The van der Waals surface area contributed by atoms with E-state index in [4.69, 9.17) is 13.3 Å². The van der Waals surface area contributed by atoms with Gasteiger partial charge in [-0.1, -0.05) is 0 Å². The zero-order valence-corrected chi connectivity index (χ0v) is 5.46. The van der Waals surface area contributed by atoms with Crippen molar-refractivity contribution < 1.29 is 35.7 Å². The van der Waals surface area contributed by atoms with Gasteiger partial charge in [-0.05, 0) is 11.2 Å². The molecule has 0 fully saturated rings. The maximum atomic E-state index is 8.89. The summed E-state index contributed by atoms with van der Waals surface area (Å²) >= 11 is 3.24. The summed E-state index contributed by atoms with van der Waals surface area (Å²) in [6.45, 7) is 0. The van der Waals surface area contributed by atoms with Gasteiger partial charge >= 0.3 is 0 Å². The molecule has 1 radical (unpaired) electrons. The minimum Gasteiger partial charge on any atom is -0.780 e. The summed E-state index contributed by atoms with van der Waals surface area (Å²) in [5.41, 5.74) is 0. The molecule has 0 bridgehead atoms. The Kier molecular flexibility index (Phi) is 5.20. The van der Waals surface area contributed by atoms with Gasteiger partial charge < -0.3 is 9.11 Å². The Morgan fingerprint density at radius 2 is 1.50 bits per heavy atom. The van der Waals surface area contributed by atoms with Crippen LogP contribution in [-0.2, 0) is 42.6 Å². The van der Waals surface area contributed by atoms with Crippen molar-refractivity contribution in [3.63, 3.8) is 0 Å². The molecule has 3 nitrogen and oxygen atoms in total. The van der Waals surface area contributed by atoms with E-state index >= 15 is 0 Å². The van der Waals surface area contributed by atoms with Crippen molar-refractivity contribution in [3.05, 3.63) is 0 Å². The molecule has 0 aliphatic carbocycles. The Morgan fingerprint density at radius 3 is 1.50 bits per heavy atom. The summed E-state index contributed by atoms with van der Waals surface area (Å²) < 4.78 is 26.7. The summed E-state index contributed by atoms with van der Waals surface area (Å²) in [5, 5.41) is 0. The molecule has 0 aromatic carbocycles. The maximum Gasteiger partial charge on any atom is 0 e. The number of rotatable bonds is 0. The van der Waals surface area contributed by atoms with Crippen molar-refractivity contribution >= 4 is 20.2 Å². The number of hydrogen-bond acceptors (Lipinski definition) is 4. The smallest absolute Gasteiger partial charge is 0 e. The molecule has 0 aromatic heterocycles. The van der Waals surface area contributed by atoms with E-state index in [1.54, 1.807) is 0 Å². The van der Waals surface area contributed by atoms with Gasteiger partial charge in [0.2, 0.25) is 0 Å². The largest absolute Gasteiger partial charge is 0.780 e. The summed E-state index contributed by atoms with van der Waals surface area (Å²) in [5.74, 6) is 0. The van der Waals surface area contributed by atoms with Gasteiger partial charge in [0.25, 0.3) is 0 Å². The van der Waals surface area contributed by atoms with Crippen LogP contribution in [0.15, 0.2) is 0 Å². The number of hydrogen-bond donors (Lipinski definition) is 0. The molecular formula is AgO3S2-2. The van der Waals surface area contributed by atoms with Crippen molar-refractivity contribution in [2.24, 2.45) is 0 Å². The first-order chi connectivity index (χ1) is 2.00. The molecule has 0 aliphatic rings. The van der Waals surface area contributed by atoms with E-state index in [1.165, 1.54) is 0 Å². The van der Waals surface area contributed by atoms with Crippen LogP contribution in [0.3, 0.4) is 0 Å². The van der Waals surface area contributed by atoms with E-state index in [-0.39, 0.29) is 22.4 Å². The van der Waals surface area contributed by atoms with Crippen LogP contribution in [-0.4, -0.2) is 13.3 Å². The van der Waals surface area contributed by atoms with Crippen LogP contribution >= 0.6 is 0 Å². The Hall–Kier alpha value is 1.03. The van der Waals surface area contributed by atoms with Crippen LogP contribution in [0.25, 0.3) is 0 Å². The molecule has 0 aliphatic heterocycles. The molecule has 0 saturated heterocycles. The molecule has 0 rings (SSSR count). The second-order valence-corrected chi connectivity index (χ2v) is 2.45. The first kappa shape index (κ1) is 10.1. The van der Waals surface area contributed by atoms with Gasteiger partial charge in [-0.15, -0.1) is 9.05 Å². The topological polar surface area (TPSA) is 63.2 Å². The average Bonchev–Trinajstić information content (AvgIpc) is 0.722. The average molecular weight is 220 g/mol. The van der Waals surface area contributed by atoms with E-state index in [2.05, 4.69) is 11.2 Å². The molecule has 0 saturated carbocycles. The third kappa shape index (κ3) is 77.0. The molecule has 0 atom stereocenters. The van der Waals surface area contributed by atoms with Gasteiger partial charge in [-0.25, -0.2) is 0 Å². The van der Waals surface area contributed by atoms with Crippen molar-refractivity contribution in [1.29, 1.82) is 0 Å². The van der Waals surface area contributed by atoms with Gasteiger partial charge in [0.1, 0.15) is 0 Å². The first-order valence-electron chi connectivity index (χ1n) is 0.667. The van der Waals surface area contributed by atoms with Crippen LogP contribution in [0, 0.1) is 0 Å². The zero-order valence-electron chi connectivity index (χ0n) is 2.34. The van der Waals surface area contributed by atoms with Gasteiger partial charge in [0.15, 0.2) is 0 Å². The molecule has 0 spiro atoms. The Bertz CT molecular complexity index is 92.0. The van der Waals surface area contributed by atoms with Crippen molar-refractivity contribution in [2.45, 2.75) is 0 Å². The van der Waals surface area contributed by atoms with Crippen molar-refractivity contribution in [2.75, 3.05) is 0 Å². The summed E-state index contributed by atoms with van der Waals surface area (Å²) in [6, 6.07) is 0. The Morgan fingerprint density at radius 1 is 1.50 bits per heavy atom. The molecule has 6 heteroatoms. The monoisotopic (exact) mass is 219 g/mol. The fraction of sp³-hybridized carbons (Fsp3) is 0. The second kappa shape index (κ2) is 3.09. The minimum atomic E-state index is -4.33. The van der Waals surface area contributed by atoms with Crippen LogP contribution in [0.2, 0.25) is 0 Å².